The summed E-state index contributed by atoms with van der Waals surface area (Å²) in [6.07, 6.45) is 7.50. The molecule has 1 aromatic carbocycles. The summed E-state index contributed by atoms with van der Waals surface area (Å²) >= 11 is 0. The molecule has 0 atom stereocenters. The van der Waals surface area contributed by atoms with Crippen LogP contribution in [0.15, 0.2) is 30.6 Å². The van der Waals surface area contributed by atoms with Gasteiger partial charge >= 0.3 is 0 Å². The van der Waals surface area contributed by atoms with Crippen molar-refractivity contribution in [2.24, 2.45) is 0 Å². The molecule has 0 radical (unpaired) electrons. The van der Waals surface area contributed by atoms with Gasteiger partial charge < -0.3 is 20.9 Å². The first-order chi connectivity index (χ1) is 13.5. The fourth-order valence-electron chi connectivity index (χ4n) is 3.63. The highest BCUT2D eigenvalue weighted by Gasteiger charge is 2.21. The van der Waals surface area contributed by atoms with Gasteiger partial charge in [-0.2, -0.15) is 0 Å². The number of aromatic hydroxyl groups is 1. The van der Waals surface area contributed by atoms with Crippen LogP contribution in [0.4, 0.5) is 16.2 Å². The van der Waals surface area contributed by atoms with Crippen molar-refractivity contribution in [3.05, 3.63) is 36.4 Å². The van der Waals surface area contributed by atoms with Crippen LogP contribution in [0.3, 0.4) is 0 Å². The topological polar surface area (TPSA) is 106 Å². The van der Waals surface area contributed by atoms with Crippen molar-refractivity contribution in [2.75, 3.05) is 18.2 Å². The Morgan fingerprint density at radius 1 is 1.18 bits per heavy atom. The first kappa shape index (κ1) is 18.4. The molecule has 0 saturated heterocycles. The SMILES string of the molecule is COC1CCC(Nc2ncc3c(N)ncc(-c4ccc(F)c(O)c4)c3n2)CC1. The molecule has 0 bridgehead atoms. The van der Waals surface area contributed by atoms with Crippen molar-refractivity contribution in [3.63, 3.8) is 0 Å². The maximum Gasteiger partial charge on any atom is 0.223 e. The van der Waals surface area contributed by atoms with Crippen molar-refractivity contribution in [3.8, 4) is 16.9 Å². The minimum Gasteiger partial charge on any atom is -0.505 e. The Bertz CT molecular complexity index is 1010. The number of ether oxygens (including phenoxy) is 1. The lowest BCUT2D eigenvalue weighted by molar-refractivity contribution is 0.0681. The van der Waals surface area contributed by atoms with Gasteiger partial charge in [-0.05, 0) is 43.4 Å². The Morgan fingerprint density at radius 3 is 2.68 bits per heavy atom. The molecule has 0 amide bonds. The van der Waals surface area contributed by atoms with Gasteiger partial charge in [-0.3, -0.25) is 0 Å². The third-order valence-electron chi connectivity index (χ3n) is 5.25. The lowest BCUT2D eigenvalue weighted by Gasteiger charge is -2.28. The molecular weight excluding hydrogens is 361 g/mol. The summed E-state index contributed by atoms with van der Waals surface area (Å²) in [6.45, 7) is 0. The Hall–Kier alpha value is -3.00. The molecule has 146 valence electrons. The number of pyridine rings is 1. The molecule has 4 rings (SSSR count). The minimum atomic E-state index is -0.680. The number of benzene rings is 1. The Balaban J connectivity index is 1.68. The molecule has 1 aliphatic carbocycles. The first-order valence-electron chi connectivity index (χ1n) is 9.24. The quantitative estimate of drug-likeness (QED) is 0.633. The second-order valence-corrected chi connectivity index (χ2v) is 7.03. The Labute approximate surface area is 161 Å². The van der Waals surface area contributed by atoms with Crippen LogP contribution in [0.5, 0.6) is 5.75 Å². The minimum absolute atomic E-state index is 0.279. The van der Waals surface area contributed by atoms with Crippen molar-refractivity contribution >= 4 is 22.7 Å². The normalized spacial score (nSPS) is 19.6. The largest absolute Gasteiger partial charge is 0.505 e. The molecule has 0 aliphatic heterocycles. The van der Waals surface area contributed by atoms with E-state index in [4.69, 9.17) is 10.5 Å². The summed E-state index contributed by atoms with van der Waals surface area (Å²) in [6, 6.07) is 4.41. The number of nitrogens with zero attached hydrogens (tertiary/aromatic N) is 3. The van der Waals surface area contributed by atoms with E-state index in [0.717, 1.165) is 25.7 Å². The van der Waals surface area contributed by atoms with Gasteiger partial charge in [-0.1, -0.05) is 6.07 Å². The fraction of sp³-hybridized carbons (Fsp3) is 0.350. The van der Waals surface area contributed by atoms with Gasteiger partial charge in [-0.15, -0.1) is 0 Å². The van der Waals surface area contributed by atoms with Crippen molar-refractivity contribution < 1.29 is 14.2 Å². The van der Waals surface area contributed by atoms with E-state index in [1.54, 1.807) is 25.6 Å². The number of rotatable bonds is 4. The zero-order valence-electron chi connectivity index (χ0n) is 15.5. The maximum atomic E-state index is 13.4. The van der Waals surface area contributed by atoms with Crippen molar-refractivity contribution in [2.45, 2.75) is 37.8 Å². The summed E-state index contributed by atoms with van der Waals surface area (Å²) in [5, 5.41) is 13.7. The van der Waals surface area contributed by atoms with Crippen LogP contribution in [-0.4, -0.2) is 39.3 Å². The van der Waals surface area contributed by atoms with E-state index in [1.807, 2.05) is 0 Å². The van der Waals surface area contributed by atoms with E-state index < -0.39 is 11.6 Å². The predicted octanol–water partition coefficient (Wildman–Crippen LogP) is 3.49. The van der Waals surface area contributed by atoms with Gasteiger partial charge in [0.25, 0.3) is 0 Å². The Morgan fingerprint density at radius 2 is 1.96 bits per heavy atom. The average molecular weight is 383 g/mol. The van der Waals surface area contributed by atoms with E-state index in [2.05, 4.69) is 20.3 Å². The molecule has 0 spiro atoms. The van der Waals surface area contributed by atoms with Crippen molar-refractivity contribution in [1.82, 2.24) is 15.0 Å². The summed E-state index contributed by atoms with van der Waals surface area (Å²) in [5.74, 6) is -0.284. The van der Waals surface area contributed by atoms with Crippen LogP contribution in [-0.2, 0) is 4.74 Å². The molecular formula is C20H22FN5O2. The maximum absolute atomic E-state index is 13.4. The molecule has 28 heavy (non-hydrogen) atoms. The van der Waals surface area contributed by atoms with E-state index in [1.165, 1.54) is 12.1 Å². The van der Waals surface area contributed by atoms with Crippen LogP contribution >= 0.6 is 0 Å². The summed E-state index contributed by atoms with van der Waals surface area (Å²) in [5.41, 5.74) is 7.83. The van der Waals surface area contributed by atoms with E-state index in [-0.39, 0.29) is 6.04 Å². The second-order valence-electron chi connectivity index (χ2n) is 7.03. The van der Waals surface area contributed by atoms with Gasteiger partial charge in [0.15, 0.2) is 11.6 Å². The number of aromatic nitrogens is 3. The van der Waals surface area contributed by atoms with Gasteiger partial charge in [0, 0.05) is 31.1 Å². The standard InChI is InChI=1S/C20H22FN5O2/c1-28-13-5-3-12(4-6-13)25-20-24-10-15-18(26-20)14(9-23-19(15)22)11-2-7-16(21)17(27)8-11/h2,7-10,12-13,27H,3-6H2,1H3,(H2,22,23)(H,24,25,26). The zero-order valence-corrected chi connectivity index (χ0v) is 15.5. The lowest BCUT2D eigenvalue weighted by Crippen LogP contribution is -2.29. The molecule has 1 aliphatic rings. The monoisotopic (exact) mass is 383 g/mol. The van der Waals surface area contributed by atoms with Crippen LogP contribution in [0.1, 0.15) is 25.7 Å². The number of phenols is 1. The number of nitrogens with two attached hydrogens (primary N) is 1. The summed E-state index contributed by atoms with van der Waals surface area (Å²) < 4.78 is 18.9. The van der Waals surface area contributed by atoms with Crippen LogP contribution < -0.4 is 11.1 Å². The first-order valence-corrected chi connectivity index (χ1v) is 9.24. The number of anilines is 2. The second kappa shape index (κ2) is 7.55. The summed E-state index contributed by atoms with van der Waals surface area (Å²) in [4.78, 5) is 13.2. The predicted molar refractivity (Wildman–Crippen MR) is 105 cm³/mol. The van der Waals surface area contributed by atoms with Crippen LogP contribution in [0.2, 0.25) is 0 Å². The Kier molecular flexibility index (Phi) is 4.95. The van der Waals surface area contributed by atoms with Gasteiger partial charge in [-0.25, -0.2) is 19.3 Å². The number of halogens is 1. The molecule has 2 aromatic heterocycles. The average Bonchev–Trinajstić information content (AvgIpc) is 2.71. The molecule has 2 heterocycles. The highest BCUT2D eigenvalue weighted by molar-refractivity contribution is 5.98. The summed E-state index contributed by atoms with van der Waals surface area (Å²) in [7, 11) is 1.75. The molecule has 3 aromatic rings. The zero-order chi connectivity index (χ0) is 19.7. The number of nitrogen functional groups attached to an aromatic ring is 1. The van der Waals surface area contributed by atoms with Crippen LogP contribution in [0, 0.1) is 5.82 Å². The van der Waals surface area contributed by atoms with E-state index >= 15 is 0 Å². The van der Waals surface area contributed by atoms with Crippen molar-refractivity contribution in [1.29, 1.82) is 0 Å². The number of hydrogen-bond donors (Lipinski definition) is 3. The van der Waals surface area contributed by atoms with E-state index in [9.17, 15) is 9.50 Å². The molecule has 4 N–H and O–H groups in total. The number of phenolic OH excluding ortho intramolecular Hbond substituents is 1. The number of methoxy groups -OCH3 is 1. The molecule has 0 unspecified atom stereocenters. The molecule has 8 heteroatoms. The van der Waals surface area contributed by atoms with Gasteiger partial charge in [0.1, 0.15) is 5.82 Å². The fourth-order valence-corrected chi connectivity index (χ4v) is 3.63. The molecule has 1 fully saturated rings. The smallest absolute Gasteiger partial charge is 0.223 e. The molecule has 1 saturated carbocycles. The number of fused-ring (bicyclic) bond motifs is 1. The highest BCUT2D eigenvalue weighted by atomic mass is 19.1. The third-order valence-corrected chi connectivity index (χ3v) is 5.25. The highest BCUT2D eigenvalue weighted by Crippen LogP contribution is 2.32. The third kappa shape index (κ3) is 3.55. The molecule has 7 nitrogen and oxygen atoms in total. The van der Waals surface area contributed by atoms with Gasteiger partial charge in [0.2, 0.25) is 5.95 Å². The number of nitrogens with one attached hydrogen (secondary N) is 1. The number of hydrogen-bond acceptors (Lipinski definition) is 7. The lowest BCUT2D eigenvalue weighted by atomic mass is 9.93. The van der Waals surface area contributed by atoms with Gasteiger partial charge in [0.05, 0.1) is 17.0 Å². The van der Waals surface area contributed by atoms with E-state index in [0.29, 0.717) is 39.9 Å². The van der Waals surface area contributed by atoms with Crippen LogP contribution in [0.25, 0.3) is 22.0 Å².